The van der Waals surface area contributed by atoms with Crippen LogP contribution in [-0.4, -0.2) is 39.0 Å². The lowest BCUT2D eigenvalue weighted by molar-refractivity contribution is 0.0691. The molecule has 2 aromatic heterocycles. The van der Waals surface area contributed by atoms with E-state index in [1.54, 1.807) is 13.2 Å². The molecule has 110 valence electrons. The third-order valence-electron chi connectivity index (χ3n) is 2.63. The largest absolute Gasteiger partial charge is 0.476 e. The highest BCUT2D eigenvalue weighted by Gasteiger charge is 2.12. The summed E-state index contributed by atoms with van der Waals surface area (Å²) in [7, 11) is 1.66. The molecule has 21 heavy (non-hydrogen) atoms. The zero-order valence-corrected chi connectivity index (χ0v) is 12.1. The summed E-state index contributed by atoms with van der Waals surface area (Å²) in [6.07, 6.45) is 1.67. The van der Waals surface area contributed by atoms with Gasteiger partial charge in [-0.1, -0.05) is 6.07 Å². The number of hydrogen-bond donors (Lipinski definition) is 2. The third kappa shape index (κ3) is 4.25. The highest BCUT2D eigenvalue weighted by molar-refractivity contribution is 7.09. The topological polar surface area (TPSA) is 95.4 Å². The molecular formula is C13H14N4O3S. The second-order valence-corrected chi connectivity index (χ2v) is 5.21. The van der Waals surface area contributed by atoms with Gasteiger partial charge in [-0.15, -0.1) is 11.3 Å². The highest BCUT2D eigenvalue weighted by Crippen LogP contribution is 2.09. The summed E-state index contributed by atoms with van der Waals surface area (Å²) in [6, 6.07) is 5.24. The van der Waals surface area contributed by atoms with Gasteiger partial charge in [0.1, 0.15) is 5.01 Å². The Kier molecular flexibility index (Phi) is 4.83. The number of nitrogens with zero attached hydrogens (tertiary/aromatic N) is 3. The molecule has 0 spiro atoms. The van der Waals surface area contributed by atoms with Crippen molar-refractivity contribution < 1.29 is 14.7 Å². The zero-order valence-electron chi connectivity index (χ0n) is 11.3. The molecule has 2 N–H and O–H groups in total. The molecule has 0 radical (unpaired) electrons. The molecule has 0 aliphatic heterocycles. The van der Waals surface area contributed by atoms with E-state index in [1.807, 2.05) is 18.2 Å². The van der Waals surface area contributed by atoms with E-state index in [4.69, 9.17) is 5.11 Å². The number of nitrogens with one attached hydrogen (secondary N) is 1. The van der Waals surface area contributed by atoms with Gasteiger partial charge in [0, 0.05) is 18.6 Å². The van der Waals surface area contributed by atoms with E-state index >= 15 is 0 Å². The van der Waals surface area contributed by atoms with Crippen LogP contribution >= 0.6 is 11.3 Å². The maximum absolute atomic E-state index is 11.9. The van der Waals surface area contributed by atoms with Gasteiger partial charge in [0.2, 0.25) is 0 Å². The number of carbonyl (C=O) groups is 2. The average molecular weight is 306 g/mol. The number of carboxylic acids is 1. The Morgan fingerprint density at radius 1 is 1.43 bits per heavy atom. The van der Waals surface area contributed by atoms with E-state index in [1.165, 1.54) is 21.6 Å². The number of aromatic nitrogens is 2. The summed E-state index contributed by atoms with van der Waals surface area (Å²) >= 11 is 1.20. The molecule has 0 atom stereocenters. The summed E-state index contributed by atoms with van der Waals surface area (Å²) in [5.74, 6) is -1.07. The van der Waals surface area contributed by atoms with Crippen LogP contribution in [0.3, 0.4) is 0 Å². The summed E-state index contributed by atoms with van der Waals surface area (Å²) in [6.45, 7) is 0.592. The van der Waals surface area contributed by atoms with E-state index in [-0.39, 0.29) is 18.3 Å². The average Bonchev–Trinajstić information content (AvgIpc) is 2.95. The molecule has 2 rings (SSSR count). The lowest BCUT2D eigenvalue weighted by Crippen LogP contribution is -2.36. The number of amides is 2. The minimum Gasteiger partial charge on any atom is -0.476 e. The smallest absolute Gasteiger partial charge is 0.355 e. The van der Waals surface area contributed by atoms with Crippen molar-refractivity contribution >= 4 is 23.3 Å². The fourth-order valence-corrected chi connectivity index (χ4v) is 2.29. The normalized spacial score (nSPS) is 10.1. The monoisotopic (exact) mass is 306 g/mol. The van der Waals surface area contributed by atoms with Gasteiger partial charge < -0.3 is 15.3 Å². The molecule has 7 nitrogen and oxygen atoms in total. The van der Waals surface area contributed by atoms with Crippen LogP contribution in [-0.2, 0) is 13.1 Å². The Morgan fingerprint density at radius 2 is 2.24 bits per heavy atom. The quantitative estimate of drug-likeness (QED) is 0.874. The van der Waals surface area contributed by atoms with Crippen molar-refractivity contribution in [1.29, 1.82) is 0 Å². The van der Waals surface area contributed by atoms with Crippen molar-refractivity contribution in [3.63, 3.8) is 0 Å². The van der Waals surface area contributed by atoms with E-state index in [0.717, 1.165) is 5.69 Å². The number of thiazole rings is 1. The van der Waals surface area contributed by atoms with Crippen LogP contribution in [0.15, 0.2) is 29.8 Å². The zero-order chi connectivity index (χ0) is 15.2. The van der Waals surface area contributed by atoms with Crippen LogP contribution in [0, 0.1) is 0 Å². The van der Waals surface area contributed by atoms with Gasteiger partial charge in [-0.2, -0.15) is 0 Å². The van der Waals surface area contributed by atoms with Crippen LogP contribution < -0.4 is 5.32 Å². The van der Waals surface area contributed by atoms with Gasteiger partial charge in [-0.05, 0) is 12.1 Å². The van der Waals surface area contributed by atoms with Gasteiger partial charge in [0.05, 0.1) is 18.8 Å². The van der Waals surface area contributed by atoms with Crippen molar-refractivity contribution in [2.24, 2.45) is 0 Å². The van der Waals surface area contributed by atoms with Crippen molar-refractivity contribution in [1.82, 2.24) is 20.2 Å². The number of pyridine rings is 1. The first-order valence-electron chi connectivity index (χ1n) is 6.13. The number of hydrogen-bond acceptors (Lipinski definition) is 5. The Hall–Kier alpha value is -2.48. The van der Waals surface area contributed by atoms with Gasteiger partial charge in [-0.25, -0.2) is 14.6 Å². The van der Waals surface area contributed by atoms with Crippen LogP contribution in [0.5, 0.6) is 0 Å². The van der Waals surface area contributed by atoms with E-state index < -0.39 is 5.97 Å². The van der Waals surface area contributed by atoms with Crippen LogP contribution in [0.1, 0.15) is 21.2 Å². The Morgan fingerprint density at radius 3 is 2.86 bits per heavy atom. The number of carbonyl (C=O) groups excluding carboxylic acids is 1. The SMILES string of the molecule is CN(Cc1ccccn1)C(=O)NCc1nc(C(=O)O)cs1. The van der Waals surface area contributed by atoms with Gasteiger partial charge in [0.25, 0.3) is 0 Å². The molecule has 0 bridgehead atoms. The number of urea groups is 1. The predicted molar refractivity (Wildman–Crippen MR) is 77.0 cm³/mol. The maximum Gasteiger partial charge on any atom is 0.355 e. The first-order valence-corrected chi connectivity index (χ1v) is 7.01. The van der Waals surface area contributed by atoms with Gasteiger partial charge in [0.15, 0.2) is 5.69 Å². The molecule has 0 aliphatic carbocycles. The third-order valence-corrected chi connectivity index (χ3v) is 3.48. The Bertz CT molecular complexity index is 629. The fourth-order valence-electron chi connectivity index (χ4n) is 1.58. The second kappa shape index (κ2) is 6.80. The molecule has 0 unspecified atom stereocenters. The molecule has 2 amide bonds. The minimum atomic E-state index is -1.07. The van der Waals surface area contributed by atoms with Crippen LogP contribution in [0.25, 0.3) is 0 Å². The summed E-state index contributed by atoms with van der Waals surface area (Å²) in [5.41, 5.74) is 0.781. The van der Waals surface area contributed by atoms with Gasteiger partial charge >= 0.3 is 12.0 Å². The number of carboxylic acid groups (broad SMARTS) is 1. The van der Waals surface area contributed by atoms with E-state index in [0.29, 0.717) is 11.6 Å². The standard InChI is InChI=1S/C13H14N4O3S/c1-17(7-9-4-2-3-5-14-9)13(20)15-6-11-16-10(8-21-11)12(18)19/h2-5,8H,6-7H2,1H3,(H,15,20)(H,18,19). The van der Waals surface area contributed by atoms with E-state index in [2.05, 4.69) is 15.3 Å². The second-order valence-electron chi connectivity index (χ2n) is 4.27. The number of aromatic carboxylic acids is 1. The summed E-state index contributed by atoms with van der Waals surface area (Å²) in [4.78, 5) is 32.2. The van der Waals surface area contributed by atoms with Crippen molar-refractivity contribution in [2.75, 3.05) is 7.05 Å². The van der Waals surface area contributed by atoms with Gasteiger partial charge in [-0.3, -0.25) is 4.98 Å². The maximum atomic E-state index is 11.9. The van der Waals surface area contributed by atoms with Crippen molar-refractivity contribution in [3.8, 4) is 0 Å². The van der Waals surface area contributed by atoms with Crippen LogP contribution in [0.4, 0.5) is 4.79 Å². The molecule has 8 heteroatoms. The molecule has 2 aromatic rings. The summed E-state index contributed by atoms with van der Waals surface area (Å²) < 4.78 is 0. The molecule has 0 fully saturated rings. The van der Waals surface area contributed by atoms with Crippen molar-refractivity contribution in [3.05, 3.63) is 46.2 Å². The lowest BCUT2D eigenvalue weighted by Gasteiger charge is -2.16. The van der Waals surface area contributed by atoms with Crippen LogP contribution in [0.2, 0.25) is 0 Å². The molecule has 0 aromatic carbocycles. The highest BCUT2D eigenvalue weighted by atomic mass is 32.1. The number of rotatable bonds is 5. The fraction of sp³-hybridized carbons (Fsp3) is 0.231. The first kappa shape index (κ1) is 14.9. The Balaban J connectivity index is 1.84. The Labute approximate surface area is 125 Å². The molecular weight excluding hydrogens is 292 g/mol. The van der Waals surface area contributed by atoms with Crippen molar-refractivity contribution in [2.45, 2.75) is 13.1 Å². The molecule has 0 aliphatic rings. The molecule has 0 saturated carbocycles. The molecule has 0 saturated heterocycles. The first-order chi connectivity index (χ1) is 10.1. The minimum absolute atomic E-state index is 0.00825. The summed E-state index contributed by atoms with van der Waals surface area (Å²) in [5, 5.41) is 13.4. The molecule has 2 heterocycles. The predicted octanol–water partition coefficient (Wildman–Crippen LogP) is 1.58. The van der Waals surface area contributed by atoms with E-state index in [9.17, 15) is 9.59 Å². The lowest BCUT2D eigenvalue weighted by atomic mass is 10.3.